The summed E-state index contributed by atoms with van der Waals surface area (Å²) in [6.07, 6.45) is 4.86. The third kappa shape index (κ3) is 1.48. The number of aromatic nitrogens is 4. The van der Waals surface area contributed by atoms with Crippen LogP contribution in [0.4, 0.5) is 0 Å². The summed E-state index contributed by atoms with van der Waals surface area (Å²) >= 11 is 1.47. The molecule has 0 aliphatic carbocycles. The van der Waals surface area contributed by atoms with E-state index in [0.717, 1.165) is 16.3 Å². The monoisotopic (exact) mass is 247 g/mol. The van der Waals surface area contributed by atoms with Crippen LogP contribution in [-0.2, 0) is 0 Å². The lowest BCUT2D eigenvalue weighted by Gasteiger charge is -1.99. The Morgan fingerprint density at radius 1 is 1.53 bits per heavy atom. The number of nitrogens with one attached hydrogen (secondary N) is 1. The average Bonchev–Trinajstić information content (AvgIpc) is 3.03. The van der Waals surface area contributed by atoms with Crippen LogP contribution in [0.5, 0.6) is 0 Å². The predicted molar refractivity (Wildman–Crippen MR) is 64.0 cm³/mol. The highest BCUT2D eigenvalue weighted by molar-refractivity contribution is 7.15. The molecule has 0 saturated heterocycles. The molecule has 0 amide bonds. The Hall–Kier alpha value is -1.99. The number of hydrogen-bond donors (Lipinski definition) is 2. The zero-order valence-corrected chi connectivity index (χ0v) is 9.57. The van der Waals surface area contributed by atoms with Crippen LogP contribution in [0, 0.1) is 0 Å². The number of carbonyl (C=O) groups is 1. The summed E-state index contributed by atoms with van der Waals surface area (Å²) in [4.78, 5) is 23.6. The maximum Gasteiger partial charge on any atom is 0.194 e. The number of imidazole rings is 2. The molecule has 86 valence electrons. The van der Waals surface area contributed by atoms with Crippen LogP contribution in [0.2, 0.25) is 0 Å². The van der Waals surface area contributed by atoms with E-state index in [1.54, 1.807) is 23.1 Å². The molecular weight excluding hydrogens is 238 g/mol. The first-order valence-corrected chi connectivity index (χ1v) is 5.86. The molecule has 3 N–H and O–H groups in total. The van der Waals surface area contributed by atoms with Crippen molar-refractivity contribution in [2.75, 3.05) is 6.54 Å². The Morgan fingerprint density at radius 2 is 2.41 bits per heavy atom. The van der Waals surface area contributed by atoms with Crippen molar-refractivity contribution in [1.29, 1.82) is 0 Å². The van der Waals surface area contributed by atoms with E-state index in [1.165, 1.54) is 11.3 Å². The van der Waals surface area contributed by atoms with Gasteiger partial charge in [0.1, 0.15) is 5.69 Å². The number of thiazole rings is 1. The van der Waals surface area contributed by atoms with Crippen molar-refractivity contribution in [1.82, 2.24) is 19.4 Å². The smallest absolute Gasteiger partial charge is 0.194 e. The number of nitrogens with two attached hydrogens (primary N) is 1. The molecule has 0 fully saturated rings. The van der Waals surface area contributed by atoms with Gasteiger partial charge in [0.25, 0.3) is 0 Å². The zero-order valence-electron chi connectivity index (χ0n) is 8.75. The van der Waals surface area contributed by atoms with E-state index in [9.17, 15) is 4.79 Å². The number of aromatic amines is 1. The first-order valence-electron chi connectivity index (χ1n) is 4.98. The van der Waals surface area contributed by atoms with Crippen LogP contribution < -0.4 is 5.73 Å². The molecule has 0 atom stereocenters. The summed E-state index contributed by atoms with van der Waals surface area (Å²) in [6, 6.07) is 0. The van der Waals surface area contributed by atoms with Gasteiger partial charge in [-0.3, -0.25) is 9.20 Å². The van der Waals surface area contributed by atoms with Gasteiger partial charge in [-0.15, -0.1) is 11.3 Å². The number of nitrogens with zero attached hydrogens (tertiary/aromatic N) is 3. The quantitative estimate of drug-likeness (QED) is 0.674. The fourth-order valence-electron chi connectivity index (χ4n) is 1.69. The lowest BCUT2D eigenvalue weighted by molar-refractivity contribution is 0.0996. The summed E-state index contributed by atoms with van der Waals surface area (Å²) in [5, 5.41) is 1.93. The molecule has 17 heavy (non-hydrogen) atoms. The van der Waals surface area contributed by atoms with Crippen molar-refractivity contribution in [3.8, 4) is 11.4 Å². The minimum atomic E-state index is -0.128. The van der Waals surface area contributed by atoms with E-state index in [-0.39, 0.29) is 12.3 Å². The van der Waals surface area contributed by atoms with Crippen molar-refractivity contribution in [2.45, 2.75) is 0 Å². The minimum absolute atomic E-state index is 0.0218. The third-order valence-electron chi connectivity index (χ3n) is 2.49. The number of H-pyrrole nitrogens is 1. The van der Waals surface area contributed by atoms with Gasteiger partial charge in [0, 0.05) is 5.38 Å². The Morgan fingerprint density at radius 3 is 3.12 bits per heavy atom. The molecule has 7 heteroatoms. The molecule has 0 radical (unpaired) electrons. The highest BCUT2D eigenvalue weighted by Crippen LogP contribution is 2.25. The van der Waals surface area contributed by atoms with Crippen molar-refractivity contribution < 1.29 is 4.79 Å². The second-order valence-corrected chi connectivity index (χ2v) is 4.31. The zero-order chi connectivity index (χ0) is 11.8. The van der Waals surface area contributed by atoms with Gasteiger partial charge in [0.15, 0.2) is 10.7 Å². The molecular formula is C10H9N5OS. The molecule has 3 rings (SSSR count). The lowest BCUT2D eigenvalue weighted by atomic mass is 10.3. The maximum absolute atomic E-state index is 11.7. The first-order chi connectivity index (χ1) is 8.31. The number of Topliss-reactive ketones (excluding diaryl/α,β-unsaturated/α-hetero) is 1. The Kier molecular flexibility index (Phi) is 2.27. The first kappa shape index (κ1) is 10.2. The predicted octanol–water partition coefficient (Wildman–Crippen LogP) is 0.927. The van der Waals surface area contributed by atoms with E-state index < -0.39 is 0 Å². The number of ketones is 1. The summed E-state index contributed by atoms with van der Waals surface area (Å²) in [5.74, 6) is -0.128. The van der Waals surface area contributed by atoms with Gasteiger partial charge in [0.05, 0.1) is 36.7 Å². The van der Waals surface area contributed by atoms with Gasteiger partial charge in [-0.1, -0.05) is 0 Å². The van der Waals surface area contributed by atoms with E-state index in [0.29, 0.717) is 5.69 Å². The van der Waals surface area contributed by atoms with Gasteiger partial charge in [-0.2, -0.15) is 0 Å². The van der Waals surface area contributed by atoms with Crippen molar-refractivity contribution in [3.63, 3.8) is 0 Å². The van der Waals surface area contributed by atoms with E-state index in [1.807, 2.05) is 5.38 Å². The number of carbonyl (C=O) groups excluding carboxylic acids is 1. The van der Waals surface area contributed by atoms with Crippen LogP contribution in [-0.4, -0.2) is 31.7 Å². The summed E-state index contributed by atoms with van der Waals surface area (Å²) < 4.78 is 1.80. The second-order valence-electron chi connectivity index (χ2n) is 3.47. The molecule has 0 unspecified atom stereocenters. The third-order valence-corrected chi connectivity index (χ3v) is 3.33. The highest BCUT2D eigenvalue weighted by Gasteiger charge is 2.16. The molecule has 0 aromatic carbocycles. The Bertz CT molecular complexity index is 666. The van der Waals surface area contributed by atoms with Crippen molar-refractivity contribution >= 4 is 22.1 Å². The molecule has 3 heterocycles. The number of rotatable bonds is 3. The highest BCUT2D eigenvalue weighted by atomic mass is 32.1. The number of hydrogen-bond acceptors (Lipinski definition) is 5. The van der Waals surface area contributed by atoms with Crippen LogP contribution in [0.15, 0.2) is 24.1 Å². The summed E-state index contributed by atoms with van der Waals surface area (Å²) in [5.41, 5.74) is 7.61. The molecule has 0 saturated carbocycles. The standard InChI is InChI=1S/C10H9N5OS/c11-1-9(16)7-3-13-10-15(7)8(4-17-10)6-2-12-5-14-6/h2-5H,1,11H2,(H,12,14). The minimum Gasteiger partial charge on any atom is -0.343 e. The molecule has 3 aromatic rings. The average molecular weight is 247 g/mol. The second kappa shape index (κ2) is 3.79. The van der Waals surface area contributed by atoms with Crippen LogP contribution in [0.3, 0.4) is 0 Å². The van der Waals surface area contributed by atoms with Crippen LogP contribution >= 0.6 is 11.3 Å². The normalized spacial score (nSPS) is 11.1. The van der Waals surface area contributed by atoms with Gasteiger partial charge < -0.3 is 10.7 Å². The Labute approximate surface area is 100 Å². The molecule has 0 spiro atoms. The summed E-state index contributed by atoms with van der Waals surface area (Å²) in [7, 11) is 0. The van der Waals surface area contributed by atoms with E-state index >= 15 is 0 Å². The van der Waals surface area contributed by atoms with Crippen LogP contribution in [0.1, 0.15) is 10.5 Å². The largest absolute Gasteiger partial charge is 0.343 e. The molecule has 6 nitrogen and oxygen atoms in total. The Balaban J connectivity index is 2.26. The van der Waals surface area contributed by atoms with Gasteiger partial charge in [-0.25, -0.2) is 9.97 Å². The molecule has 3 aromatic heterocycles. The van der Waals surface area contributed by atoms with Crippen molar-refractivity contribution in [2.24, 2.45) is 5.73 Å². The van der Waals surface area contributed by atoms with E-state index in [2.05, 4.69) is 15.0 Å². The van der Waals surface area contributed by atoms with Crippen molar-refractivity contribution in [3.05, 3.63) is 29.8 Å². The van der Waals surface area contributed by atoms with Gasteiger partial charge in [-0.05, 0) is 0 Å². The van der Waals surface area contributed by atoms with Crippen LogP contribution in [0.25, 0.3) is 16.3 Å². The number of fused-ring (bicyclic) bond motifs is 1. The topological polar surface area (TPSA) is 89.1 Å². The lowest BCUT2D eigenvalue weighted by Crippen LogP contribution is -2.15. The van der Waals surface area contributed by atoms with Gasteiger partial charge in [0.2, 0.25) is 0 Å². The van der Waals surface area contributed by atoms with E-state index in [4.69, 9.17) is 5.73 Å². The summed E-state index contributed by atoms with van der Waals surface area (Å²) in [6.45, 7) is -0.0218. The molecule has 0 bridgehead atoms. The fourth-order valence-corrected chi connectivity index (χ4v) is 2.56. The molecule has 0 aliphatic rings. The molecule has 0 aliphatic heterocycles. The SMILES string of the molecule is NCC(=O)c1cnc2scc(-c3cnc[nH]3)n12. The fraction of sp³-hybridized carbons (Fsp3) is 0.100. The maximum atomic E-state index is 11.7. The van der Waals surface area contributed by atoms with Gasteiger partial charge >= 0.3 is 0 Å².